The Balaban J connectivity index is 1.37. The van der Waals surface area contributed by atoms with Crippen molar-refractivity contribution in [1.29, 1.82) is 0 Å². The summed E-state index contributed by atoms with van der Waals surface area (Å²) in [5.74, 6) is -0.0728. The number of para-hydroxylation sites is 1. The minimum atomic E-state index is -0.553. The summed E-state index contributed by atoms with van der Waals surface area (Å²) in [5.41, 5.74) is 0.902. The van der Waals surface area contributed by atoms with Crippen LogP contribution in [0, 0.1) is 0 Å². The Bertz CT molecular complexity index is 1240. The lowest BCUT2D eigenvalue weighted by atomic mass is 10.2. The first-order valence-electron chi connectivity index (χ1n) is 10.3. The molecule has 0 saturated heterocycles. The number of anilines is 1. The third-order valence-corrected chi connectivity index (χ3v) is 5.38. The molecule has 1 amide bonds. The number of aromatic nitrogens is 2. The van der Waals surface area contributed by atoms with Crippen molar-refractivity contribution in [3.63, 3.8) is 0 Å². The van der Waals surface area contributed by atoms with Crippen molar-refractivity contribution in [1.82, 2.24) is 9.55 Å². The molecule has 1 N–H and O–H groups in total. The van der Waals surface area contributed by atoms with E-state index in [1.165, 1.54) is 7.11 Å². The highest BCUT2D eigenvalue weighted by atomic mass is 35.5. The van der Waals surface area contributed by atoms with Gasteiger partial charge in [0, 0.05) is 17.5 Å². The standard InChI is InChI=1S/C23H22ClN3O5/c1-31-19-9-6-14(24)12-18(19)26-21(28)13-32-22(29)11-10-20-25-17-5-3-2-4-16(17)23(30)27(20)15-7-8-15/h2-6,9,12,15H,7-8,10-11,13H2,1H3,(H,26,28). The zero-order valence-corrected chi connectivity index (χ0v) is 18.2. The molecule has 9 heteroatoms. The van der Waals surface area contributed by atoms with Gasteiger partial charge in [-0.25, -0.2) is 4.98 Å². The first-order chi connectivity index (χ1) is 15.5. The molecule has 32 heavy (non-hydrogen) atoms. The van der Waals surface area contributed by atoms with Crippen molar-refractivity contribution in [3.8, 4) is 5.75 Å². The molecule has 8 nitrogen and oxygen atoms in total. The highest BCUT2D eigenvalue weighted by Crippen LogP contribution is 2.35. The van der Waals surface area contributed by atoms with Gasteiger partial charge in [-0.3, -0.25) is 19.0 Å². The monoisotopic (exact) mass is 455 g/mol. The summed E-state index contributed by atoms with van der Waals surface area (Å²) in [7, 11) is 1.47. The summed E-state index contributed by atoms with van der Waals surface area (Å²) >= 11 is 5.95. The fourth-order valence-corrected chi connectivity index (χ4v) is 3.65. The first-order valence-corrected chi connectivity index (χ1v) is 10.6. The van der Waals surface area contributed by atoms with E-state index in [0.29, 0.717) is 33.2 Å². The number of nitrogens with one attached hydrogen (secondary N) is 1. The third kappa shape index (κ3) is 4.91. The third-order valence-electron chi connectivity index (χ3n) is 5.15. The highest BCUT2D eigenvalue weighted by Gasteiger charge is 2.28. The zero-order chi connectivity index (χ0) is 22.7. The number of ether oxygens (including phenoxy) is 2. The predicted molar refractivity (Wildman–Crippen MR) is 120 cm³/mol. The van der Waals surface area contributed by atoms with E-state index in [2.05, 4.69) is 10.3 Å². The lowest BCUT2D eigenvalue weighted by Crippen LogP contribution is -2.26. The summed E-state index contributed by atoms with van der Waals surface area (Å²) in [6, 6.07) is 12.1. The maximum absolute atomic E-state index is 12.9. The van der Waals surface area contributed by atoms with Gasteiger partial charge >= 0.3 is 5.97 Å². The number of methoxy groups -OCH3 is 1. The van der Waals surface area contributed by atoms with Gasteiger partial charge in [0.15, 0.2) is 6.61 Å². The number of halogens is 1. The quantitative estimate of drug-likeness (QED) is 0.522. The normalized spacial score (nSPS) is 13.1. The van der Waals surface area contributed by atoms with E-state index in [-0.39, 0.29) is 24.4 Å². The minimum absolute atomic E-state index is 0.00522. The van der Waals surface area contributed by atoms with Gasteiger partial charge in [-0.15, -0.1) is 0 Å². The molecule has 2 aromatic carbocycles. The fraction of sp³-hybridized carbons (Fsp3) is 0.304. The van der Waals surface area contributed by atoms with Crippen LogP contribution >= 0.6 is 11.6 Å². The van der Waals surface area contributed by atoms with Crippen molar-refractivity contribution >= 4 is 40.1 Å². The van der Waals surface area contributed by atoms with Crippen LogP contribution in [0.2, 0.25) is 5.02 Å². The molecule has 0 aliphatic heterocycles. The molecular formula is C23H22ClN3O5. The van der Waals surface area contributed by atoms with Gasteiger partial charge in [-0.1, -0.05) is 23.7 Å². The second kappa shape index (κ2) is 9.40. The van der Waals surface area contributed by atoms with Gasteiger partial charge < -0.3 is 14.8 Å². The molecular weight excluding hydrogens is 434 g/mol. The van der Waals surface area contributed by atoms with E-state index in [1.807, 2.05) is 12.1 Å². The van der Waals surface area contributed by atoms with Gasteiger partial charge in [-0.2, -0.15) is 0 Å². The lowest BCUT2D eigenvalue weighted by Gasteiger charge is -2.13. The second-order valence-electron chi connectivity index (χ2n) is 7.50. The van der Waals surface area contributed by atoms with E-state index in [4.69, 9.17) is 21.1 Å². The van der Waals surface area contributed by atoms with Gasteiger partial charge in [0.25, 0.3) is 11.5 Å². The molecule has 0 bridgehead atoms. The van der Waals surface area contributed by atoms with E-state index in [1.54, 1.807) is 34.9 Å². The van der Waals surface area contributed by atoms with Crippen LogP contribution in [0.4, 0.5) is 5.69 Å². The van der Waals surface area contributed by atoms with E-state index in [0.717, 1.165) is 12.8 Å². The van der Waals surface area contributed by atoms with Gasteiger partial charge in [-0.05, 0) is 43.2 Å². The van der Waals surface area contributed by atoms with Crippen LogP contribution in [-0.2, 0) is 20.7 Å². The van der Waals surface area contributed by atoms with Gasteiger partial charge in [0.1, 0.15) is 11.6 Å². The van der Waals surface area contributed by atoms with Crippen LogP contribution in [0.1, 0.15) is 31.1 Å². The smallest absolute Gasteiger partial charge is 0.306 e. The molecule has 1 heterocycles. The fourth-order valence-electron chi connectivity index (χ4n) is 3.47. The number of benzene rings is 2. The summed E-state index contributed by atoms with van der Waals surface area (Å²) in [6.07, 6.45) is 2.10. The Morgan fingerprint density at radius 1 is 1.22 bits per heavy atom. The molecule has 166 valence electrons. The number of carbonyl (C=O) groups excluding carboxylic acids is 2. The van der Waals surface area contributed by atoms with Crippen molar-refractivity contribution in [2.45, 2.75) is 31.7 Å². The Morgan fingerprint density at radius 2 is 2.00 bits per heavy atom. The highest BCUT2D eigenvalue weighted by molar-refractivity contribution is 6.31. The van der Waals surface area contributed by atoms with E-state index in [9.17, 15) is 14.4 Å². The summed E-state index contributed by atoms with van der Waals surface area (Å²) < 4.78 is 12.0. The van der Waals surface area contributed by atoms with Crippen molar-refractivity contribution in [2.75, 3.05) is 19.0 Å². The van der Waals surface area contributed by atoms with Crippen molar-refractivity contribution in [3.05, 3.63) is 63.7 Å². The second-order valence-corrected chi connectivity index (χ2v) is 7.94. The number of amides is 1. The topological polar surface area (TPSA) is 99.5 Å². The molecule has 1 aromatic heterocycles. The molecule has 1 aliphatic rings. The maximum Gasteiger partial charge on any atom is 0.306 e. The molecule has 3 aromatic rings. The van der Waals surface area contributed by atoms with Crippen LogP contribution in [0.25, 0.3) is 10.9 Å². The van der Waals surface area contributed by atoms with Gasteiger partial charge in [0.05, 0.1) is 30.1 Å². The molecule has 0 radical (unpaired) electrons. The molecule has 1 saturated carbocycles. The Labute approximate surface area is 189 Å². The Hall–Kier alpha value is -3.39. The lowest BCUT2D eigenvalue weighted by molar-refractivity contribution is -0.147. The average molecular weight is 456 g/mol. The number of carbonyl (C=O) groups is 2. The number of fused-ring (bicyclic) bond motifs is 1. The van der Waals surface area contributed by atoms with Crippen LogP contribution in [0.15, 0.2) is 47.3 Å². The number of nitrogens with zero attached hydrogens (tertiary/aromatic N) is 2. The molecule has 4 rings (SSSR count). The largest absolute Gasteiger partial charge is 0.495 e. The predicted octanol–water partition coefficient (Wildman–Crippen LogP) is 3.51. The van der Waals surface area contributed by atoms with Crippen molar-refractivity contribution < 1.29 is 19.1 Å². The number of rotatable bonds is 8. The number of aryl methyl sites for hydroxylation is 1. The minimum Gasteiger partial charge on any atom is -0.495 e. The Kier molecular flexibility index (Phi) is 6.41. The SMILES string of the molecule is COc1ccc(Cl)cc1NC(=O)COC(=O)CCc1nc2ccccc2c(=O)n1C1CC1. The van der Waals surface area contributed by atoms with Crippen LogP contribution < -0.4 is 15.6 Å². The number of esters is 1. The Morgan fingerprint density at radius 3 is 2.75 bits per heavy atom. The summed E-state index contributed by atoms with van der Waals surface area (Å²) in [6.45, 7) is -0.449. The summed E-state index contributed by atoms with van der Waals surface area (Å²) in [5, 5.41) is 3.61. The maximum atomic E-state index is 12.9. The van der Waals surface area contributed by atoms with E-state index >= 15 is 0 Å². The van der Waals surface area contributed by atoms with Crippen molar-refractivity contribution in [2.24, 2.45) is 0 Å². The first kappa shape index (κ1) is 21.8. The number of hydrogen-bond acceptors (Lipinski definition) is 6. The zero-order valence-electron chi connectivity index (χ0n) is 17.5. The number of hydrogen-bond donors (Lipinski definition) is 1. The molecule has 0 atom stereocenters. The van der Waals surface area contributed by atoms with E-state index < -0.39 is 18.5 Å². The van der Waals surface area contributed by atoms with Crippen LogP contribution in [0.5, 0.6) is 5.75 Å². The van der Waals surface area contributed by atoms with Gasteiger partial charge in [0.2, 0.25) is 0 Å². The average Bonchev–Trinajstić information content (AvgIpc) is 3.61. The molecule has 1 aliphatic carbocycles. The van der Waals surface area contributed by atoms with Crippen LogP contribution in [0.3, 0.4) is 0 Å². The summed E-state index contributed by atoms with van der Waals surface area (Å²) in [4.78, 5) is 41.9. The molecule has 0 spiro atoms. The van der Waals surface area contributed by atoms with Crippen LogP contribution in [-0.4, -0.2) is 35.1 Å². The molecule has 1 fully saturated rings. The molecule has 0 unspecified atom stereocenters.